The van der Waals surface area contributed by atoms with Crippen LogP contribution in [0.1, 0.15) is 60.2 Å². The molecule has 0 radical (unpaired) electrons. The molecule has 0 bridgehead atoms. The van der Waals surface area contributed by atoms with E-state index in [1.165, 1.54) is 7.11 Å². The van der Waals surface area contributed by atoms with Gasteiger partial charge in [0.2, 0.25) is 5.43 Å². The molecule has 0 spiro atoms. The van der Waals surface area contributed by atoms with Crippen molar-refractivity contribution in [3.63, 3.8) is 0 Å². The Morgan fingerprint density at radius 2 is 1.59 bits per heavy atom. The number of ether oxygens (including phenoxy) is 4. The van der Waals surface area contributed by atoms with Crippen LogP contribution in [0.5, 0.6) is 5.75 Å². The fourth-order valence-electron chi connectivity index (χ4n) is 3.88. The van der Waals surface area contributed by atoms with Crippen molar-refractivity contribution in [3.8, 4) is 5.75 Å². The Hall–Kier alpha value is -3.45. The van der Waals surface area contributed by atoms with Gasteiger partial charge in [0.1, 0.15) is 5.76 Å². The van der Waals surface area contributed by atoms with Gasteiger partial charge in [0.05, 0.1) is 28.4 Å². The highest BCUT2D eigenvalue weighted by molar-refractivity contribution is 6.17. The summed E-state index contributed by atoms with van der Waals surface area (Å²) in [6.07, 6.45) is 6.21. The van der Waals surface area contributed by atoms with E-state index in [-0.39, 0.29) is 11.3 Å². The monoisotopic (exact) mass is 559 g/mol. The number of benzene rings is 1. The summed E-state index contributed by atoms with van der Waals surface area (Å²) in [5.41, 5.74) is 3.60. The van der Waals surface area contributed by atoms with Crippen LogP contribution in [-0.2, 0) is 32.9 Å². The van der Waals surface area contributed by atoms with Gasteiger partial charge in [-0.3, -0.25) is 9.59 Å². The number of allylic oxidation sites excluding steroid dienone is 2. The fourth-order valence-corrected chi connectivity index (χ4v) is 4.06. The van der Waals surface area contributed by atoms with E-state index in [1.54, 1.807) is 52.6 Å². The Balaban J connectivity index is 0.000000454. The lowest BCUT2D eigenvalue weighted by Crippen LogP contribution is -2.17. The predicted octanol–water partition coefficient (Wildman–Crippen LogP) is 6.17. The van der Waals surface area contributed by atoms with Crippen LogP contribution >= 0.6 is 11.6 Å². The molecule has 8 heteroatoms. The third-order valence-electron chi connectivity index (χ3n) is 5.94. The van der Waals surface area contributed by atoms with Crippen molar-refractivity contribution in [1.29, 1.82) is 0 Å². The summed E-state index contributed by atoms with van der Waals surface area (Å²) in [4.78, 5) is 23.4. The number of aryl methyl sites for hydroxylation is 1. The minimum absolute atomic E-state index is 0.0730. The molecule has 39 heavy (non-hydrogen) atoms. The summed E-state index contributed by atoms with van der Waals surface area (Å²) in [5, 5.41) is 2.55. The van der Waals surface area contributed by atoms with Crippen LogP contribution in [0.15, 0.2) is 70.6 Å². The summed E-state index contributed by atoms with van der Waals surface area (Å²) in [6, 6.07) is 12.5. The molecule has 0 aliphatic heterocycles. The fraction of sp³-hybridized carbons (Fsp3) is 0.419. The topological polar surface area (TPSA) is 83.1 Å². The van der Waals surface area contributed by atoms with Gasteiger partial charge >= 0.3 is 0 Å². The van der Waals surface area contributed by atoms with Gasteiger partial charge in [-0.05, 0) is 72.7 Å². The number of hydrogen-bond acceptors (Lipinski definition) is 6. The SMILES string of the molecule is CC.CNC(=O)c1ccc(CCl)cc1.CO/C1=C(OC)/C(OC)=C\CCCCc2cc(=O)c(OC)ccc2C1. The van der Waals surface area contributed by atoms with Gasteiger partial charge in [-0.1, -0.05) is 32.0 Å². The van der Waals surface area contributed by atoms with Crippen molar-refractivity contribution >= 4 is 17.5 Å². The standard InChI is InChI=1S/C20H26O5.C9H10ClNO.C2H6/c1-22-17-11-10-15-13-19(24-3)20(25-4)18(23-2)9-7-5-6-8-14(15)12-16(17)21;1-11-9(12)8-4-2-7(6-10)3-5-8;1-2/h9-12H,5-8,13H2,1-4H3;2-5H,6H2,1H3,(H,11,12);1-2H3/b18-9+,20-19-;;. The van der Waals surface area contributed by atoms with Crippen LogP contribution in [0.4, 0.5) is 0 Å². The number of amides is 1. The number of carbonyl (C=O) groups is 1. The molecule has 0 unspecified atom stereocenters. The van der Waals surface area contributed by atoms with Crippen molar-refractivity contribution in [2.24, 2.45) is 0 Å². The number of nitrogens with one attached hydrogen (secondary N) is 1. The average Bonchev–Trinajstić information content (AvgIpc) is 3.15. The van der Waals surface area contributed by atoms with Crippen molar-refractivity contribution in [3.05, 3.63) is 98.3 Å². The number of methoxy groups -OCH3 is 4. The molecule has 1 amide bonds. The maximum atomic E-state index is 12.3. The minimum atomic E-state index is -0.107. The highest BCUT2D eigenvalue weighted by Gasteiger charge is 2.18. The number of hydrogen-bond donors (Lipinski definition) is 1. The molecular weight excluding hydrogens is 518 g/mol. The second-order valence-corrected chi connectivity index (χ2v) is 8.49. The van der Waals surface area contributed by atoms with E-state index in [9.17, 15) is 9.59 Å². The molecule has 3 rings (SSSR count). The Labute approximate surface area is 237 Å². The summed E-state index contributed by atoms with van der Waals surface area (Å²) in [5.74, 6) is 2.66. The Kier molecular flexibility index (Phi) is 16.1. The normalized spacial score (nSPS) is 16.2. The minimum Gasteiger partial charge on any atom is -0.497 e. The van der Waals surface area contributed by atoms with Crippen LogP contribution in [0, 0.1) is 0 Å². The predicted molar refractivity (Wildman–Crippen MR) is 157 cm³/mol. The van der Waals surface area contributed by atoms with E-state index >= 15 is 0 Å². The third-order valence-corrected chi connectivity index (χ3v) is 6.25. The Bertz CT molecular complexity index is 1160. The zero-order chi connectivity index (χ0) is 29.2. The summed E-state index contributed by atoms with van der Waals surface area (Å²) in [6.45, 7) is 4.00. The molecule has 1 N–H and O–H groups in total. The van der Waals surface area contributed by atoms with Crippen LogP contribution in [0.25, 0.3) is 0 Å². The number of carbonyl (C=O) groups excluding carboxylic acids is 1. The summed E-state index contributed by atoms with van der Waals surface area (Å²) < 4.78 is 21.8. The second kappa shape index (κ2) is 18.7. The lowest BCUT2D eigenvalue weighted by atomic mass is 10.0. The lowest BCUT2D eigenvalue weighted by Gasteiger charge is -2.15. The zero-order valence-electron chi connectivity index (χ0n) is 24.2. The van der Waals surface area contributed by atoms with E-state index in [0.717, 1.165) is 42.4 Å². The van der Waals surface area contributed by atoms with Crippen LogP contribution < -0.4 is 15.5 Å². The van der Waals surface area contributed by atoms with Crippen molar-refractivity contribution in [2.45, 2.75) is 51.8 Å². The average molecular weight is 560 g/mol. The number of halogens is 1. The highest BCUT2D eigenvalue weighted by Crippen LogP contribution is 2.25. The van der Waals surface area contributed by atoms with E-state index in [0.29, 0.717) is 40.9 Å². The van der Waals surface area contributed by atoms with E-state index in [2.05, 4.69) is 5.32 Å². The lowest BCUT2D eigenvalue weighted by molar-refractivity contribution is 0.0963. The largest absolute Gasteiger partial charge is 0.497 e. The summed E-state index contributed by atoms with van der Waals surface area (Å²) >= 11 is 5.59. The molecule has 7 nitrogen and oxygen atoms in total. The van der Waals surface area contributed by atoms with Gasteiger partial charge in [0.25, 0.3) is 5.91 Å². The van der Waals surface area contributed by atoms with Crippen LogP contribution in [-0.4, -0.2) is 41.4 Å². The van der Waals surface area contributed by atoms with Gasteiger partial charge in [-0.2, -0.15) is 0 Å². The van der Waals surface area contributed by atoms with Crippen molar-refractivity contribution < 1.29 is 23.7 Å². The van der Waals surface area contributed by atoms with Gasteiger partial charge in [0, 0.05) is 24.9 Å². The quantitative estimate of drug-likeness (QED) is 0.426. The maximum Gasteiger partial charge on any atom is 0.251 e. The first-order valence-corrected chi connectivity index (χ1v) is 13.6. The first-order chi connectivity index (χ1) is 18.9. The molecular formula is C31H42ClNO6. The van der Waals surface area contributed by atoms with Gasteiger partial charge < -0.3 is 24.3 Å². The molecule has 0 saturated carbocycles. The van der Waals surface area contributed by atoms with Gasteiger partial charge in [0.15, 0.2) is 17.3 Å². The van der Waals surface area contributed by atoms with Crippen LogP contribution in [0.3, 0.4) is 0 Å². The Morgan fingerprint density at radius 3 is 2.13 bits per heavy atom. The van der Waals surface area contributed by atoms with Gasteiger partial charge in [-0.15, -0.1) is 11.6 Å². The van der Waals surface area contributed by atoms with E-state index in [1.807, 2.05) is 38.1 Å². The van der Waals surface area contributed by atoms with E-state index in [4.69, 9.17) is 30.5 Å². The molecule has 1 aliphatic carbocycles. The number of fused-ring (bicyclic) bond motifs is 1. The first-order valence-electron chi connectivity index (χ1n) is 13.0. The van der Waals surface area contributed by atoms with Crippen LogP contribution in [0.2, 0.25) is 0 Å². The first kappa shape index (κ1) is 33.6. The number of rotatable bonds is 6. The zero-order valence-corrected chi connectivity index (χ0v) is 24.9. The van der Waals surface area contributed by atoms with E-state index < -0.39 is 0 Å². The molecule has 0 atom stereocenters. The second-order valence-electron chi connectivity index (χ2n) is 8.23. The highest BCUT2D eigenvalue weighted by atomic mass is 35.5. The number of alkyl halides is 1. The van der Waals surface area contributed by atoms with Crippen molar-refractivity contribution in [2.75, 3.05) is 35.5 Å². The van der Waals surface area contributed by atoms with Crippen molar-refractivity contribution in [1.82, 2.24) is 5.32 Å². The molecule has 0 aromatic heterocycles. The molecule has 0 fully saturated rings. The molecule has 0 saturated heterocycles. The maximum absolute atomic E-state index is 12.3. The molecule has 214 valence electrons. The molecule has 1 aliphatic rings. The Morgan fingerprint density at radius 1 is 0.897 bits per heavy atom. The van der Waals surface area contributed by atoms with Gasteiger partial charge in [-0.25, -0.2) is 0 Å². The smallest absolute Gasteiger partial charge is 0.251 e. The molecule has 2 aromatic carbocycles. The summed E-state index contributed by atoms with van der Waals surface area (Å²) in [7, 11) is 7.96. The third kappa shape index (κ3) is 10.3. The molecule has 2 aromatic rings. The molecule has 0 heterocycles.